The Labute approximate surface area is 76.6 Å². The van der Waals surface area contributed by atoms with Crippen molar-refractivity contribution in [1.29, 1.82) is 0 Å². The van der Waals surface area contributed by atoms with Crippen LogP contribution in [0.25, 0.3) is 5.82 Å². The number of hydrogen-bond acceptors (Lipinski definition) is 5. The van der Waals surface area contributed by atoms with E-state index in [9.17, 15) is 9.59 Å². The molecule has 2 aromatic rings. The highest BCUT2D eigenvalue weighted by Gasteiger charge is 2.07. The van der Waals surface area contributed by atoms with Crippen LogP contribution in [-0.4, -0.2) is 29.9 Å². The summed E-state index contributed by atoms with van der Waals surface area (Å²) < 4.78 is 0.788. The van der Waals surface area contributed by atoms with Gasteiger partial charge >= 0.3 is 11.4 Å². The van der Waals surface area contributed by atoms with Crippen molar-refractivity contribution in [2.45, 2.75) is 6.92 Å². The van der Waals surface area contributed by atoms with Gasteiger partial charge < -0.3 is 0 Å². The lowest BCUT2D eigenvalue weighted by molar-refractivity contribution is 0.761. The van der Waals surface area contributed by atoms with Crippen molar-refractivity contribution < 1.29 is 0 Å². The number of rotatable bonds is 1. The molecule has 2 heterocycles. The molecule has 0 aliphatic heterocycles. The third kappa shape index (κ3) is 1.22. The molecule has 0 atom stereocenters. The molecule has 0 aromatic carbocycles. The van der Waals surface area contributed by atoms with Crippen LogP contribution in [-0.2, 0) is 0 Å². The van der Waals surface area contributed by atoms with Gasteiger partial charge in [0.25, 0.3) is 0 Å². The number of aryl methyl sites for hydroxylation is 1. The summed E-state index contributed by atoms with van der Waals surface area (Å²) in [6, 6.07) is 0. The van der Waals surface area contributed by atoms with Crippen LogP contribution in [0.4, 0.5) is 0 Å². The molecule has 8 heteroatoms. The Bertz CT molecular complexity index is 519. The average Bonchev–Trinajstić information content (AvgIpc) is 2.54. The molecular weight excluding hydrogens is 188 g/mol. The van der Waals surface area contributed by atoms with Crippen LogP contribution in [0.5, 0.6) is 0 Å². The van der Waals surface area contributed by atoms with Gasteiger partial charge in [-0.1, -0.05) is 0 Å². The Kier molecular flexibility index (Phi) is 1.73. The van der Waals surface area contributed by atoms with Crippen molar-refractivity contribution in [3.8, 4) is 5.82 Å². The van der Waals surface area contributed by atoms with Crippen LogP contribution in [0.2, 0.25) is 0 Å². The SMILES string of the molecule is Cc1nc(=O)n(-c2cn[nH]n2)c(=O)[nH]1. The Morgan fingerprint density at radius 3 is 2.79 bits per heavy atom. The minimum atomic E-state index is -0.680. The van der Waals surface area contributed by atoms with Gasteiger partial charge in [-0.15, -0.1) is 5.10 Å². The first-order valence-corrected chi connectivity index (χ1v) is 3.74. The zero-order valence-corrected chi connectivity index (χ0v) is 7.18. The van der Waals surface area contributed by atoms with E-state index < -0.39 is 11.4 Å². The average molecular weight is 194 g/mol. The number of hydrogen-bond donors (Lipinski definition) is 2. The zero-order valence-electron chi connectivity index (χ0n) is 7.18. The van der Waals surface area contributed by atoms with Crippen LogP contribution in [0.1, 0.15) is 5.82 Å². The molecule has 0 spiro atoms. The normalized spacial score (nSPS) is 10.4. The van der Waals surface area contributed by atoms with E-state index in [4.69, 9.17) is 0 Å². The highest BCUT2D eigenvalue weighted by Crippen LogP contribution is 1.89. The van der Waals surface area contributed by atoms with Gasteiger partial charge in [-0.2, -0.15) is 19.9 Å². The topological polar surface area (TPSA) is 109 Å². The molecule has 0 aliphatic rings. The second-order valence-corrected chi connectivity index (χ2v) is 2.57. The van der Waals surface area contributed by atoms with E-state index >= 15 is 0 Å². The summed E-state index contributed by atoms with van der Waals surface area (Å²) in [5.74, 6) is 0.378. The third-order valence-electron chi connectivity index (χ3n) is 1.58. The lowest BCUT2D eigenvalue weighted by Gasteiger charge is -1.97. The van der Waals surface area contributed by atoms with E-state index in [0.29, 0.717) is 0 Å². The number of aromatic amines is 2. The van der Waals surface area contributed by atoms with E-state index in [1.165, 1.54) is 13.1 Å². The van der Waals surface area contributed by atoms with Gasteiger partial charge in [0.05, 0.1) is 6.20 Å². The summed E-state index contributed by atoms with van der Waals surface area (Å²) in [5, 5.41) is 9.39. The van der Waals surface area contributed by atoms with Crippen molar-refractivity contribution in [3.63, 3.8) is 0 Å². The minimum absolute atomic E-state index is 0.115. The molecule has 2 rings (SSSR count). The van der Waals surface area contributed by atoms with E-state index in [-0.39, 0.29) is 11.6 Å². The van der Waals surface area contributed by atoms with Crippen molar-refractivity contribution in [1.82, 2.24) is 29.9 Å². The lowest BCUT2D eigenvalue weighted by atomic mass is 10.6. The number of aromatic nitrogens is 6. The summed E-state index contributed by atoms with van der Waals surface area (Å²) in [4.78, 5) is 28.6. The summed E-state index contributed by atoms with van der Waals surface area (Å²) in [6.45, 7) is 1.52. The van der Waals surface area contributed by atoms with E-state index in [0.717, 1.165) is 4.57 Å². The van der Waals surface area contributed by atoms with Crippen LogP contribution < -0.4 is 11.4 Å². The van der Waals surface area contributed by atoms with Gasteiger partial charge in [0.2, 0.25) is 0 Å². The van der Waals surface area contributed by atoms with E-state index in [2.05, 4.69) is 25.4 Å². The molecule has 0 unspecified atom stereocenters. The Morgan fingerprint density at radius 1 is 1.43 bits per heavy atom. The van der Waals surface area contributed by atoms with Crippen LogP contribution in [0, 0.1) is 6.92 Å². The molecule has 0 amide bonds. The largest absolute Gasteiger partial charge is 0.359 e. The van der Waals surface area contributed by atoms with E-state index in [1.54, 1.807) is 0 Å². The van der Waals surface area contributed by atoms with E-state index in [1.807, 2.05) is 0 Å². The molecule has 0 fully saturated rings. The van der Waals surface area contributed by atoms with Crippen molar-refractivity contribution in [3.05, 3.63) is 33.0 Å². The number of nitrogens with zero attached hydrogens (tertiary/aromatic N) is 4. The fourth-order valence-corrected chi connectivity index (χ4v) is 1.02. The van der Waals surface area contributed by atoms with Gasteiger partial charge in [-0.3, -0.25) is 4.98 Å². The van der Waals surface area contributed by atoms with Gasteiger partial charge in [-0.05, 0) is 6.92 Å². The predicted molar refractivity (Wildman–Crippen MR) is 45.1 cm³/mol. The van der Waals surface area contributed by atoms with Crippen molar-refractivity contribution in [2.75, 3.05) is 0 Å². The summed E-state index contributed by atoms with van der Waals surface area (Å²) in [6.07, 6.45) is 1.26. The number of H-pyrrole nitrogens is 2. The Hall–Kier alpha value is -2.25. The fourth-order valence-electron chi connectivity index (χ4n) is 1.02. The molecule has 0 bridgehead atoms. The molecule has 8 nitrogen and oxygen atoms in total. The highest BCUT2D eigenvalue weighted by atomic mass is 16.2. The monoisotopic (exact) mass is 194 g/mol. The predicted octanol–water partition coefficient (Wildman–Crippen LogP) is -1.65. The molecular formula is C6H6N6O2. The molecule has 0 aliphatic carbocycles. The lowest BCUT2D eigenvalue weighted by Crippen LogP contribution is -2.36. The molecule has 0 saturated carbocycles. The molecule has 2 aromatic heterocycles. The minimum Gasteiger partial charge on any atom is -0.295 e. The first-order chi connectivity index (χ1) is 6.68. The van der Waals surface area contributed by atoms with Crippen LogP contribution in [0.15, 0.2) is 15.8 Å². The molecule has 72 valence electrons. The zero-order chi connectivity index (χ0) is 10.1. The smallest absolute Gasteiger partial charge is 0.295 e. The summed E-state index contributed by atoms with van der Waals surface area (Å²) in [5.41, 5.74) is -1.27. The number of nitrogens with one attached hydrogen (secondary N) is 2. The van der Waals surface area contributed by atoms with Crippen LogP contribution >= 0.6 is 0 Å². The Morgan fingerprint density at radius 2 is 2.21 bits per heavy atom. The Balaban J connectivity index is 2.78. The summed E-state index contributed by atoms with van der Waals surface area (Å²) >= 11 is 0. The second kappa shape index (κ2) is 2.91. The molecule has 2 N–H and O–H groups in total. The quantitative estimate of drug-likeness (QED) is 0.565. The molecule has 0 saturated heterocycles. The van der Waals surface area contributed by atoms with Gasteiger partial charge in [0.15, 0.2) is 5.82 Å². The van der Waals surface area contributed by atoms with Gasteiger partial charge in [-0.25, -0.2) is 9.59 Å². The first kappa shape index (κ1) is 8.35. The van der Waals surface area contributed by atoms with Gasteiger partial charge in [0, 0.05) is 0 Å². The van der Waals surface area contributed by atoms with Gasteiger partial charge in [0.1, 0.15) is 5.82 Å². The first-order valence-electron chi connectivity index (χ1n) is 3.74. The standard InChI is InChI=1S/C6H6N6O2/c1-3-8-5(13)12(6(14)9-3)4-2-7-11-10-4/h2H,1H3,(H,7,10,11)(H,8,9,13,14). The second-order valence-electron chi connectivity index (χ2n) is 2.57. The highest BCUT2D eigenvalue weighted by molar-refractivity contribution is 5.13. The summed E-state index contributed by atoms with van der Waals surface area (Å²) in [7, 11) is 0. The molecule has 0 radical (unpaired) electrons. The third-order valence-corrected chi connectivity index (χ3v) is 1.58. The maximum atomic E-state index is 11.3. The van der Waals surface area contributed by atoms with Crippen molar-refractivity contribution >= 4 is 0 Å². The van der Waals surface area contributed by atoms with Crippen molar-refractivity contribution in [2.24, 2.45) is 0 Å². The maximum Gasteiger partial charge on any atom is 0.359 e. The fraction of sp³-hybridized carbons (Fsp3) is 0.167. The molecule has 14 heavy (non-hydrogen) atoms. The maximum absolute atomic E-state index is 11.3. The van der Waals surface area contributed by atoms with Crippen LogP contribution in [0.3, 0.4) is 0 Å².